The Morgan fingerprint density at radius 3 is 2.67 bits per heavy atom. The van der Waals surface area contributed by atoms with Crippen LogP contribution in [0.4, 0.5) is 5.82 Å². The number of fused-ring (bicyclic) bond motifs is 1. The molecule has 0 unspecified atom stereocenters. The summed E-state index contributed by atoms with van der Waals surface area (Å²) in [5.41, 5.74) is 0.686. The molecule has 1 aliphatic rings. The Labute approximate surface area is 144 Å². The molecule has 3 rings (SSSR count). The van der Waals surface area contributed by atoms with Crippen LogP contribution in [0.5, 0.6) is 11.5 Å². The van der Waals surface area contributed by atoms with Crippen molar-refractivity contribution in [1.82, 2.24) is 15.3 Å². The molecule has 7 nitrogen and oxygen atoms in total. The summed E-state index contributed by atoms with van der Waals surface area (Å²) < 4.78 is 10.7. The van der Waals surface area contributed by atoms with Gasteiger partial charge in [0.15, 0.2) is 11.5 Å². The maximum Gasteiger partial charge on any atom is 0.224 e. The summed E-state index contributed by atoms with van der Waals surface area (Å²) >= 11 is 6.10. The van der Waals surface area contributed by atoms with Gasteiger partial charge in [0.2, 0.25) is 11.2 Å². The van der Waals surface area contributed by atoms with Gasteiger partial charge in [0, 0.05) is 37.5 Å². The van der Waals surface area contributed by atoms with E-state index in [9.17, 15) is 4.79 Å². The van der Waals surface area contributed by atoms with E-state index in [0.717, 1.165) is 24.2 Å². The number of hydrogen-bond acceptors (Lipinski definition) is 6. The van der Waals surface area contributed by atoms with E-state index in [2.05, 4.69) is 20.2 Å². The van der Waals surface area contributed by atoms with Crippen LogP contribution in [-0.2, 0) is 4.79 Å². The molecule has 0 spiro atoms. The summed E-state index contributed by atoms with van der Waals surface area (Å²) in [6.07, 6.45) is 0.857. The molecule has 1 fully saturated rings. The van der Waals surface area contributed by atoms with Crippen LogP contribution in [0.2, 0.25) is 5.28 Å². The molecule has 0 bridgehead atoms. The van der Waals surface area contributed by atoms with Gasteiger partial charge in [-0.3, -0.25) is 4.79 Å². The van der Waals surface area contributed by atoms with Crippen molar-refractivity contribution < 1.29 is 14.3 Å². The third-order valence-corrected chi connectivity index (χ3v) is 4.22. The van der Waals surface area contributed by atoms with Crippen LogP contribution < -0.4 is 19.7 Å². The molecule has 1 amide bonds. The molecular weight excluding hydrogens is 332 g/mol. The Kier molecular flexibility index (Phi) is 4.62. The first-order chi connectivity index (χ1) is 11.5. The number of nitrogens with one attached hydrogen (secondary N) is 1. The van der Waals surface area contributed by atoms with Gasteiger partial charge < -0.3 is 19.7 Å². The average molecular weight is 351 g/mol. The van der Waals surface area contributed by atoms with E-state index in [1.54, 1.807) is 20.3 Å². The van der Waals surface area contributed by atoms with E-state index in [-0.39, 0.29) is 17.2 Å². The van der Waals surface area contributed by atoms with E-state index in [1.165, 1.54) is 6.92 Å². The summed E-state index contributed by atoms with van der Waals surface area (Å²) in [4.78, 5) is 22.0. The average Bonchev–Trinajstić information content (AvgIpc) is 3.00. The maximum absolute atomic E-state index is 11.3. The lowest BCUT2D eigenvalue weighted by molar-refractivity contribution is -0.119. The molecule has 2 aromatic rings. The molecule has 1 saturated heterocycles. The zero-order valence-corrected chi connectivity index (χ0v) is 14.6. The van der Waals surface area contributed by atoms with E-state index in [1.807, 2.05) is 6.07 Å². The molecule has 24 heavy (non-hydrogen) atoms. The van der Waals surface area contributed by atoms with Crippen molar-refractivity contribution in [3.63, 3.8) is 0 Å². The summed E-state index contributed by atoms with van der Waals surface area (Å²) in [7, 11) is 3.16. The fourth-order valence-corrected chi connectivity index (χ4v) is 3.18. The number of hydrogen-bond donors (Lipinski definition) is 1. The number of halogens is 1. The Morgan fingerprint density at radius 1 is 1.29 bits per heavy atom. The predicted molar refractivity (Wildman–Crippen MR) is 92.1 cm³/mol. The topological polar surface area (TPSA) is 76.6 Å². The number of rotatable bonds is 4. The highest BCUT2D eigenvalue weighted by Crippen LogP contribution is 2.36. The van der Waals surface area contributed by atoms with E-state index in [4.69, 9.17) is 21.1 Å². The number of methoxy groups -OCH3 is 2. The molecule has 2 heterocycles. The lowest BCUT2D eigenvalue weighted by atomic mass is 10.2. The predicted octanol–water partition coefficient (Wildman–Crippen LogP) is 2.02. The number of carbonyl (C=O) groups excluding carboxylic acids is 1. The van der Waals surface area contributed by atoms with Gasteiger partial charge in [-0.2, -0.15) is 4.98 Å². The number of nitrogens with zero attached hydrogens (tertiary/aromatic N) is 3. The van der Waals surface area contributed by atoms with Crippen molar-refractivity contribution in [2.75, 3.05) is 32.2 Å². The number of amides is 1. The van der Waals surface area contributed by atoms with Crippen LogP contribution in [0.25, 0.3) is 10.9 Å². The van der Waals surface area contributed by atoms with Gasteiger partial charge in [0.25, 0.3) is 0 Å². The summed E-state index contributed by atoms with van der Waals surface area (Å²) in [5, 5.41) is 3.95. The van der Waals surface area contributed by atoms with Crippen molar-refractivity contribution in [2.24, 2.45) is 0 Å². The first kappa shape index (κ1) is 16.6. The Bertz CT molecular complexity index is 783. The lowest BCUT2D eigenvalue weighted by Crippen LogP contribution is -2.35. The van der Waals surface area contributed by atoms with Crippen LogP contribution in [-0.4, -0.2) is 49.2 Å². The van der Waals surface area contributed by atoms with Gasteiger partial charge in [-0.1, -0.05) is 0 Å². The van der Waals surface area contributed by atoms with Crippen LogP contribution in [0.3, 0.4) is 0 Å². The molecule has 0 saturated carbocycles. The largest absolute Gasteiger partial charge is 0.493 e. The second kappa shape index (κ2) is 6.68. The molecule has 1 N–H and O–H groups in total. The number of anilines is 1. The summed E-state index contributed by atoms with van der Waals surface area (Å²) in [6.45, 7) is 2.98. The normalized spacial score (nSPS) is 17.2. The number of carbonyl (C=O) groups is 1. The van der Waals surface area contributed by atoms with Crippen LogP contribution in [0.1, 0.15) is 13.3 Å². The third-order valence-electron chi connectivity index (χ3n) is 4.05. The Balaban J connectivity index is 2.02. The maximum atomic E-state index is 11.3. The quantitative estimate of drug-likeness (QED) is 0.850. The van der Waals surface area contributed by atoms with Crippen molar-refractivity contribution in [3.8, 4) is 11.5 Å². The van der Waals surface area contributed by atoms with Crippen LogP contribution >= 0.6 is 11.6 Å². The molecular formula is C16H19ClN4O3. The molecule has 1 aliphatic heterocycles. The van der Waals surface area contributed by atoms with Crippen LogP contribution in [0, 0.1) is 0 Å². The molecule has 1 aromatic carbocycles. The first-order valence-corrected chi connectivity index (χ1v) is 8.01. The smallest absolute Gasteiger partial charge is 0.224 e. The Hall–Kier alpha value is -2.28. The van der Waals surface area contributed by atoms with Gasteiger partial charge in [-0.25, -0.2) is 4.98 Å². The van der Waals surface area contributed by atoms with Gasteiger partial charge in [-0.15, -0.1) is 0 Å². The third kappa shape index (κ3) is 3.17. The fraction of sp³-hybridized carbons (Fsp3) is 0.438. The minimum Gasteiger partial charge on any atom is -0.493 e. The second-order valence-corrected chi connectivity index (χ2v) is 6.01. The van der Waals surface area contributed by atoms with Crippen molar-refractivity contribution >= 4 is 34.2 Å². The zero-order valence-electron chi connectivity index (χ0n) is 13.8. The molecule has 0 aliphatic carbocycles. The van der Waals surface area contributed by atoms with E-state index in [0.29, 0.717) is 23.6 Å². The fourth-order valence-electron chi connectivity index (χ4n) is 3.01. The highest BCUT2D eigenvalue weighted by Gasteiger charge is 2.26. The van der Waals surface area contributed by atoms with Crippen LogP contribution in [0.15, 0.2) is 12.1 Å². The van der Waals surface area contributed by atoms with Gasteiger partial charge in [0.1, 0.15) is 5.82 Å². The van der Waals surface area contributed by atoms with Crippen molar-refractivity contribution in [3.05, 3.63) is 17.4 Å². The first-order valence-electron chi connectivity index (χ1n) is 7.63. The van der Waals surface area contributed by atoms with E-state index < -0.39 is 0 Å². The minimum absolute atomic E-state index is 0.0289. The lowest BCUT2D eigenvalue weighted by Gasteiger charge is -2.20. The van der Waals surface area contributed by atoms with Gasteiger partial charge in [-0.05, 0) is 24.1 Å². The molecule has 8 heteroatoms. The SMILES string of the molecule is COc1cc2nc(Cl)nc(N3CC[C@H](NC(C)=O)C3)c2cc1OC. The van der Waals surface area contributed by atoms with Gasteiger partial charge >= 0.3 is 0 Å². The highest BCUT2D eigenvalue weighted by molar-refractivity contribution is 6.28. The molecule has 128 valence electrons. The molecule has 1 aromatic heterocycles. The summed E-state index contributed by atoms with van der Waals surface area (Å²) in [5.74, 6) is 1.90. The van der Waals surface area contributed by atoms with Crippen molar-refractivity contribution in [1.29, 1.82) is 0 Å². The summed E-state index contributed by atoms with van der Waals surface area (Å²) in [6, 6.07) is 3.74. The molecule has 0 radical (unpaired) electrons. The number of ether oxygens (including phenoxy) is 2. The molecule has 1 atom stereocenters. The Morgan fingerprint density at radius 2 is 2.00 bits per heavy atom. The second-order valence-electron chi connectivity index (χ2n) is 5.67. The zero-order chi connectivity index (χ0) is 17.3. The number of benzene rings is 1. The van der Waals surface area contributed by atoms with Gasteiger partial charge in [0.05, 0.1) is 19.7 Å². The number of aromatic nitrogens is 2. The standard InChI is InChI=1S/C16H19ClN4O3/c1-9(22)18-10-4-5-21(8-10)15-11-6-13(23-2)14(24-3)7-12(11)19-16(17)20-15/h6-7,10H,4-5,8H2,1-3H3,(H,18,22)/t10-/m0/s1. The highest BCUT2D eigenvalue weighted by atomic mass is 35.5. The van der Waals surface area contributed by atoms with E-state index >= 15 is 0 Å². The minimum atomic E-state index is -0.0289. The van der Waals surface area contributed by atoms with Crippen molar-refractivity contribution in [2.45, 2.75) is 19.4 Å². The monoisotopic (exact) mass is 350 g/mol.